The molecule has 1 aromatic rings. The molecule has 1 fully saturated rings. The zero-order valence-corrected chi connectivity index (χ0v) is 11.7. The van der Waals surface area contributed by atoms with Crippen molar-refractivity contribution in [1.82, 2.24) is 4.90 Å². The van der Waals surface area contributed by atoms with Gasteiger partial charge in [0.15, 0.2) is 0 Å². The summed E-state index contributed by atoms with van der Waals surface area (Å²) < 4.78 is 0. The molecule has 1 saturated heterocycles. The smallest absolute Gasteiger partial charge is 0.0275 e. The van der Waals surface area contributed by atoms with Gasteiger partial charge >= 0.3 is 0 Å². The van der Waals surface area contributed by atoms with Gasteiger partial charge in [0.2, 0.25) is 0 Å². The summed E-state index contributed by atoms with van der Waals surface area (Å²) in [7, 11) is 0. The van der Waals surface area contributed by atoms with Crippen LogP contribution in [0.4, 0.5) is 0 Å². The van der Waals surface area contributed by atoms with Crippen molar-refractivity contribution in [3.05, 3.63) is 47.7 Å². The summed E-state index contributed by atoms with van der Waals surface area (Å²) in [5.41, 5.74) is 4.26. The topological polar surface area (TPSA) is 15.6 Å². The molecule has 0 aliphatic carbocycles. The van der Waals surface area contributed by atoms with Crippen molar-refractivity contribution in [2.45, 2.75) is 32.1 Å². The van der Waals surface area contributed by atoms with E-state index < -0.39 is 0 Å². The average molecular weight is 254 g/mol. The summed E-state index contributed by atoms with van der Waals surface area (Å²) in [4.78, 5) is 6.96. The van der Waals surface area contributed by atoms with Crippen LogP contribution in [0.1, 0.15) is 37.7 Å². The highest BCUT2D eigenvalue weighted by atomic mass is 15.1. The van der Waals surface area contributed by atoms with Crippen LogP contribution in [0, 0.1) is 0 Å². The minimum Gasteiger partial charge on any atom is -0.299 e. The molecule has 2 aliphatic rings. The lowest BCUT2D eigenvalue weighted by atomic mass is 9.89. The number of rotatable bonds is 3. The van der Waals surface area contributed by atoms with Crippen LogP contribution in [-0.4, -0.2) is 30.2 Å². The summed E-state index contributed by atoms with van der Waals surface area (Å²) in [6.45, 7) is 5.67. The standard InChI is InChI=1S/C17H22N2/c1-14-11-15(12-18-14)13-19-9-7-17(8-10-19)16-5-3-2-4-6-16/h2-6,12,17H,7-11,13H2,1H3. The van der Waals surface area contributed by atoms with Crippen LogP contribution in [-0.2, 0) is 0 Å². The zero-order chi connectivity index (χ0) is 13.1. The Morgan fingerprint density at radius 2 is 1.89 bits per heavy atom. The summed E-state index contributed by atoms with van der Waals surface area (Å²) in [5, 5.41) is 0. The van der Waals surface area contributed by atoms with Crippen molar-refractivity contribution in [1.29, 1.82) is 0 Å². The van der Waals surface area contributed by atoms with Gasteiger partial charge in [0.1, 0.15) is 0 Å². The Kier molecular flexibility index (Phi) is 3.79. The molecular formula is C17H22N2. The monoisotopic (exact) mass is 254 g/mol. The van der Waals surface area contributed by atoms with Crippen molar-refractivity contribution in [3.63, 3.8) is 0 Å². The number of hydrogen-bond acceptors (Lipinski definition) is 2. The molecule has 0 N–H and O–H groups in total. The van der Waals surface area contributed by atoms with E-state index in [9.17, 15) is 0 Å². The molecule has 0 amide bonds. The van der Waals surface area contributed by atoms with Crippen LogP contribution in [0.25, 0.3) is 0 Å². The van der Waals surface area contributed by atoms with Gasteiger partial charge in [-0.2, -0.15) is 0 Å². The second-order valence-electron chi connectivity index (χ2n) is 5.79. The Labute approximate surface area is 115 Å². The fourth-order valence-electron chi connectivity index (χ4n) is 3.15. The third-order valence-electron chi connectivity index (χ3n) is 4.24. The quantitative estimate of drug-likeness (QED) is 0.804. The molecule has 2 heteroatoms. The Morgan fingerprint density at radius 3 is 2.53 bits per heavy atom. The highest BCUT2D eigenvalue weighted by Crippen LogP contribution is 2.28. The first-order valence-electron chi connectivity index (χ1n) is 7.30. The van der Waals surface area contributed by atoms with Crippen LogP contribution in [0.3, 0.4) is 0 Å². The Morgan fingerprint density at radius 1 is 1.16 bits per heavy atom. The minimum absolute atomic E-state index is 0.757. The van der Waals surface area contributed by atoms with E-state index in [0.717, 1.165) is 18.9 Å². The molecule has 19 heavy (non-hydrogen) atoms. The van der Waals surface area contributed by atoms with Gasteiger partial charge in [-0.1, -0.05) is 30.3 Å². The number of likely N-dealkylation sites (tertiary alicyclic amines) is 1. The summed E-state index contributed by atoms with van der Waals surface area (Å²) in [6.07, 6.45) is 5.73. The number of nitrogens with zero attached hydrogens (tertiary/aromatic N) is 2. The maximum atomic E-state index is 4.37. The first kappa shape index (κ1) is 12.6. The lowest BCUT2D eigenvalue weighted by Crippen LogP contribution is -2.34. The van der Waals surface area contributed by atoms with Crippen molar-refractivity contribution in [2.75, 3.05) is 19.6 Å². The summed E-state index contributed by atoms with van der Waals surface area (Å²) >= 11 is 0. The molecule has 3 rings (SSSR count). The average Bonchev–Trinajstić information content (AvgIpc) is 2.86. The number of hydrogen-bond donors (Lipinski definition) is 0. The van der Waals surface area contributed by atoms with Gasteiger partial charge in [0.25, 0.3) is 0 Å². The largest absolute Gasteiger partial charge is 0.299 e. The minimum atomic E-state index is 0.757. The van der Waals surface area contributed by atoms with E-state index in [-0.39, 0.29) is 0 Å². The first-order valence-corrected chi connectivity index (χ1v) is 7.30. The number of benzene rings is 1. The second kappa shape index (κ2) is 5.70. The molecule has 0 bridgehead atoms. The van der Waals surface area contributed by atoms with E-state index in [2.05, 4.69) is 53.3 Å². The van der Waals surface area contributed by atoms with E-state index in [1.54, 1.807) is 0 Å². The van der Waals surface area contributed by atoms with Gasteiger partial charge in [-0.3, -0.25) is 9.89 Å². The Balaban J connectivity index is 1.50. The molecule has 0 unspecified atom stereocenters. The van der Waals surface area contributed by atoms with Gasteiger partial charge in [-0.05, 0) is 49.9 Å². The van der Waals surface area contributed by atoms with Crippen LogP contribution < -0.4 is 0 Å². The maximum Gasteiger partial charge on any atom is 0.0275 e. The van der Waals surface area contributed by atoms with Gasteiger partial charge < -0.3 is 0 Å². The molecule has 1 aromatic carbocycles. The number of aliphatic imine (C=N–C) groups is 1. The lowest BCUT2D eigenvalue weighted by Gasteiger charge is -2.32. The molecule has 0 spiro atoms. The molecule has 2 heterocycles. The molecule has 2 nitrogen and oxygen atoms in total. The highest BCUT2D eigenvalue weighted by Gasteiger charge is 2.21. The molecule has 2 aliphatic heterocycles. The van der Waals surface area contributed by atoms with Crippen LogP contribution in [0.15, 0.2) is 47.1 Å². The van der Waals surface area contributed by atoms with Crippen LogP contribution in [0.5, 0.6) is 0 Å². The van der Waals surface area contributed by atoms with Gasteiger partial charge in [0, 0.05) is 24.9 Å². The third kappa shape index (κ3) is 3.13. The van der Waals surface area contributed by atoms with Gasteiger partial charge in [0.05, 0.1) is 0 Å². The predicted molar refractivity (Wildman–Crippen MR) is 80.7 cm³/mol. The fourth-order valence-corrected chi connectivity index (χ4v) is 3.15. The van der Waals surface area contributed by atoms with E-state index in [4.69, 9.17) is 0 Å². The second-order valence-corrected chi connectivity index (χ2v) is 5.79. The molecular weight excluding hydrogens is 232 g/mol. The lowest BCUT2D eigenvalue weighted by molar-refractivity contribution is 0.227. The van der Waals surface area contributed by atoms with E-state index in [0.29, 0.717) is 0 Å². The van der Waals surface area contributed by atoms with Gasteiger partial charge in [-0.15, -0.1) is 0 Å². The van der Waals surface area contributed by atoms with Crippen LogP contribution >= 0.6 is 0 Å². The van der Waals surface area contributed by atoms with E-state index in [1.807, 2.05) is 0 Å². The molecule has 0 atom stereocenters. The van der Waals surface area contributed by atoms with Crippen LogP contribution in [0.2, 0.25) is 0 Å². The van der Waals surface area contributed by atoms with E-state index >= 15 is 0 Å². The van der Waals surface area contributed by atoms with Crippen molar-refractivity contribution in [2.24, 2.45) is 4.99 Å². The predicted octanol–water partition coefficient (Wildman–Crippen LogP) is 3.61. The molecule has 0 radical (unpaired) electrons. The van der Waals surface area contributed by atoms with E-state index in [1.165, 1.54) is 42.8 Å². The van der Waals surface area contributed by atoms with Gasteiger partial charge in [-0.25, -0.2) is 0 Å². The number of piperidine rings is 1. The third-order valence-corrected chi connectivity index (χ3v) is 4.24. The first-order chi connectivity index (χ1) is 9.31. The summed E-state index contributed by atoms with van der Waals surface area (Å²) in [6, 6.07) is 11.0. The highest BCUT2D eigenvalue weighted by molar-refractivity contribution is 5.86. The normalized spacial score (nSPS) is 21.3. The fraction of sp³-hybridized carbons (Fsp3) is 0.471. The van der Waals surface area contributed by atoms with Crippen molar-refractivity contribution < 1.29 is 0 Å². The molecule has 0 aromatic heterocycles. The zero-order valence-electron chi connectivity index (χ0n) is 11.7. The SMILES string of the molecule is CC1=NC=C(CN2CCC(c3ccccc3)CC2)C1. The Bertz CT molecular complexity index is 479. The molecule has 0 saturated carbocycles. The maximum absolute atomic E-state index is 4.37. The van der Waals surface area contributed by atoms with Crippen molar-refractivity contribution in [3.8, 4) is 0 Å². The molecule has 100 valence electrons. The Hall–Kier alpha value is -1.41. The summed E-state index contributed by atoms with van der Waals surface area (Å²) in [5.74, 6) is 0.757. The van der Waals surface area contributed by atoms with Crippen molar-refractivity contribution >= 4 is 5.71 Å².